The van der Waals surface area contributed by atoms with Gasteiger partial charge >= 0.3 is 0 Å². The quantitative estimate of drug-likeness (QED) is 0.537. The lowest BCUT2D eigenvalue weighted by molar-refractivity contribution is -0.142. The predicted octanol–water partition coefficient (Wildman–Crippen LogP) is 1.17. The Morgan fingerprint density at radius 1 is 1.13 bits per heavy atom. The minimum Gasteiger partial charge on any atom is -0.391 e. The van der Waals surface area contributed by atoms with Gasteiger partial charge in [0.15, 0.2) is 0 Å². The molecule has 0 saturated carbocycles. The number of nitrogens with zero attached hydrogens (tertiary/aromatic N) is 1. The third-order valence-corrected chi connectivity index (χ3v) is 5.26. The van der Waals surface area contributed by atoms with Crippen LogP contribution < -0.4 is 16.4 Å². The van der Waals surface area contributed by atoms with Gasteiger partial charge in [0.25, 0.3) is 0 Å². The van der Waals surface area contributed by atoms with E-state index >= 15 is 0 Å². The van der Waals surface area contributed by atoms with Crippen molar-refractivity contribution in [3.63, 3.8) is 0 Å². The maximum absolute atomic E-state index is 13.4. The normalized spacial score (nSPS) is 20.4. The lowest BCUT2D eigenvalue weighted by Gasteiger charge is -2.39. The zero-order chi connectivity index (χ0) is 23.6. The van der Waals surface area contributed by atoms with E-state index < -0.39 is 24.1 Å². The summed E-state index contributed by atoms with van der Waals surface area (Å²) in [6.07, 6.45) is -0.547. The Hall–Kier alpha value is -2.45. The fourth-order valence-corrected chi connectivity index (χ4v) is 3.65. The number of aliphatic hydroxyl groups excluding tert-OH is 1. The smallest absolute Gasteiger partial charge is 0.248 e. The summed E-state index contributed by atoms with van der Waals surface area (Å²) in [6.45, 7) is 12.3. The first kappa shape index (κ1) is 24.8. The number of carbonyl (C=O) groups is 3. The number of carbonyl (C=O) groups excluding carboxylic acids is 3. The second kappa shape index (κ2) is 9.36. The summed E-state index contributed by atoms with van der Waals surface area (Å²) in [4.78, 5) is 39.0. The number of nitrogens with one attached hydrogen (secondary N) is 2. The maximum atomic E-state index is 13.4. The van der Waals surface area contributed by atoms with Crippen molar-refractivity contribution < 1.29 is 19.5 Å². The summed E-state index contributed by atoms with van der Waals surface area (Å²) in [6, 6.07) is 5.40. The van der Waals surface area contributed by atoms with Crippen molar-refractivity contribution in [2.45, 2.75) is 78.2 Å². The third kappa shape index (κ3) is 6.77. The van der Waals surface area contributed by atoms with Gasteiger partial charge in [-0.2, -0.15) is 0 Å². The molecule has 0 unspecified atom stereocenters. The summed E-state index contributed by atoms with van der Waals surface area (Å²) in [5.41, 5.74) is 5.78. The highest BCUT2D eigenvalue weighted by atomic mass is 16.3. The van der Waals surface area contributed by atoms with Gasteiger partial charge in [0.05, 0.1) is 12.1 Å². The van der Waals surface area contributed by atoms with E-state index in [2.05, 4.69) is 10.6 Å². The molecule has 1 aliphatic heterocycles. The van der Waals surface area contributed by atoms with Crippen LogP contribution in [0.25, 0.3) is 0 Å². The van der Waals surface area contributed by atoms with Crippen LogP contribution in [0.1, 0.15) is 63.9 Å². The standard InChI is InChI=1S/C23H36N4O4/c1-22(2,3)18(26-23(4,5)6)21(31)27-13-16(28)11-17(27)20(30)25-12-14-7-9-15(10-8-14)19(24)29/h7-10,16-18,26,28H,11-13H2,1-6H3,(H2,24,29)(H,25,30)/t16-,17+,18-/m1/s1. The van der Waals surface area contributed by atoms with Crippen molar-refractivity contribution >= 4 is 17.7 Å². The van der Waals surface area contributed by atoms with Crippen molar-refractivity contribution in [2.75, 3.05) is 6.54 Å². The Kier molecular flexibility index (Phi) is 7.49. The van der Waals surface area contributed by atoms with Crippen molar-refractivity contribution in [2.24, 2.45) is 11.1 Å². The molecule has 0 spiro atoms. The van der Waals surface area contributed by atoms with Crippen LogP contribution in [0, 0.1) is 5.41 Å². The molecule has 0 aromatic heterocycles. The fraction of sp³-hybridized carbons (Fsp3) is 0.609. The zero-order valence-corrected chi connectivity index (χ0v) is 19.4. The van der Waals surface area contributed by atoms with E-state index in [1.54, 1.807) is 24.3 Å². The van der Waals surface area contributed by atoms with Crippen LogP contribution in [0.4, 0.5) is 0 Å². The first-order chi connectivity index (χ1) is 14.2. The van der Waals surface area contributed by atoms with Crippen LogP contribution in [0.2, 0.25) is 0 Å². The van der Waals surface area contributed by atoms with E-state index in [9.17, 15) is 19.5 Å². The van der Waals surface area contributed by atoms with Crippen LogP contribution in [0.15, 0.2) is 24.3 Å². The van der Waals surface area contributed by atoms with Crippen LogP contribution in [0.5, 0.6) is 0 Å². The molecule has 0 aliphatic carbocycles. The van der Waals surface area contributed by atoms with Crippen molar-refractivity contribution in [3.8, 4) is 0 Å². The molecule has 2 rings (SSSR count). The average Bonchev–Trinajstić information content (AvgIpc) is 3.04. The number of β-amino-alcohol motifs (C(OH)–C–C–N with tert-alkyl or cyclic N) is 1. The van der Waals surface area contributed by atoms with Crippen LogP contribution in [-0.4, -0.2) is 58.0 Å². The van der Waals surface area contributed by atoms with Gasteiger partial charge in [-0.15, -0.1) is 0 Å². The molecule has 8 nitrogen and oxygen atoms in total. The Morgan fingerprint density at radius 3 is 2.19 bits per heavy atom. The van der Waals surface area contributed by atoms with Crippen LogP contribution in [0.3, 0.4) is 0 Å². The highest BCUT2D eigenvalue weighted by Gasteiger charge is 2.44. The van der Waals surface area contributed by atoms with Gasteiger partial charge in [0, 0.05) is 30.6 Å². The lowest BCUT2D eigenvalue weighted by atomic mass is 9.84. The van der Waals surface area contributed by atoms with Crippen LogP contribution >= 0.6 is 0 Å². The van der Waals surface area contributed by atoms with Gasteiger partial charge in [-0.05, 0) is 43.9 Å². The molecule has 5 N–H and O–H groups in total. The number of hydrogen-bond donors (Lipinski definition) is 4. The Labute approximate surface area is 184 Å². The summed E-state index contributed by atoms with van der Waals surface area (Å²) in [7, 11) is 0. The zero-order valence-electron chi connectivity index (χ0n) is 19.4. The third-order valence-electron chi connectivity index (χ3n) is 5.26. The van der Waals surface area contributed by atoms with E-state index in [1.807, 2.05) is 41.5 Å². The molecule has 3 amide bonds. The molecular formula is C23H36N4O4. The second-order valence-corrected chi connectivity index (χ2v) is 10.4. The molecule has 1 fully saturated rings. The molecule has 1 aromatic carbocycles. The largest absolute Gasteiger partial charge is 0.391 e. The number of amides is 3. The van der Waals surface area contributed by atoms with Crippen molar-refractivity contribution in [1.82, 2.24) is 15.5 Å². The molecule has 31 heavy (non-hydrogen) atoms. The van der Waals surface area contributed by atoms with E-state index in [0.717, 1.165) is 5.56 Å². The van der Waals surface area contributed by atoms with Gasteiger partial charge in [0.1, 0.15) is 6.04 Å². The predicted molar refractivity (Wildman–Crippen MR) is 119 cm³/mol. The Bertz CT molecular complexity index is 808. The summed E-state index contributed by atoms with van der Waals surface area (Å²) in [5, 5.41) is 16.4. The lowest BCUT2D eigenvalue weighted by Crippen LogP contribution is -2.60. The Morgan fingerprint density at radius 2 is 1.71 bits per heavy atom. The SMILES string of the molecule is CC(C)(C)N[C@H](C(=O)N1C[C@H](O)C[C@H]1C(=O)NCc1ccc(C(N)=O)cc1)C(C)(C)C. The molecule has 8 heteroatoms. The Balaban J connectivity index is 2.12. The van der Waals surface area contributed by atoms with E-state index in [0.29, 0.717) is 5.56 Å². The van der Waals surface area contributed by atoms with Gasteiger partial charge < -0.3 is 26.4 Å². The first-order valence-electron chi connectivity index (χ1n) is 10.6. The summed E-state index contributed by atoms with van der Waals surface area (Å²) >= 11 is 0. The van der Waals surface area contributed by atoms with Crippen molar-refractivity contribution in [3.05, 3.63) is 35.4 Å². The minimum absolute atomic E-state index is 0.128. The van der Waals surface area contributed by atoms with Gasteiger partial charge in [-0.1, -0.05) is 32.9 Å². The molecular weight excluding hydrogens is 396 g/mol. The number of rotatable bonds is 6. The monoisotopic (exact) mass is 432 g/mol. The molecule has 172 valence electrons. The molecule has 0 bridgehead atoms. The number of hydrogen-bond acceptors (Lipinski definition) is 5. The molecule has 1 heterocycles. The van der Waals surface area contributed by atoms with Gasteiger partial charge in [-0.3, -0.25) is 14.4 Å². The average molecular weight is 433 g/mol. The maximum Gasteiger partial charge on any atom is 0.248 e. The van der Waals surface area contributed by atoms with Gasteiger partial charge in [-0.25, -0.2) is 0 Å². The summed E-state index contributed by atoms with van der Waals surface area (Å²) < 4.78 is 0. The van der Waals surface area contributed by atoms with E-state index in [1.165, 1.54) is 4.90 Å². The number of benzene rings is 1. The molecule has 3 atom stereocenters. The summed E-state index contributed by atoms with van der Waals surface area (Å²) in [5.74, 6) is -1.01. The number of likely N-dealkylation sites (tertiary alicyclic amines) is 1. The minimum atomic E-state index is -0.746. The van der Waals surface area contributed by atoms with Crippen LogP contribution in [-0.2, 0) is 16.1 Å². The highest BCUT2D eigenvalue weighted by molar-refractivity contribution is 5.93. The number of nitrogens with two attached hydrogens (primary N) is 1. The molecule has 1 saturated heterocycles. The number of primary amides is 1. The molecule has 1 aromatic rings. The highest BCUT2D eigenvalue weighted by Crippen LogP contribution is 2.27. The number of aliphatic hydroxyl groups is 1. The fourth-order valence-electron chi connectivity index (χ4n) is 3.65. The van der Waals surface area contributed by atoms with Gasteiger partial charge in [0.2, 0.25) is 17.7 Å². The second-order valence-electron chi connectivity index (χ2n) is 10.4. The molecule has 1 aliphatic rings. The van der Waals surface area contributed by atoms with E-state index in [-0.39, 0.29) is 42.3 Å². The van der Waals surface area contributed by atoms with Crippen molar-refractivity contribution in [1.29, 1.82) is 0 Å². The topological polar surface area (TPSA) is 125 Å². The first-order valence-corrected chi connectivity index (χ1v) is 10.6. The van der Waals surface area contributed by atoms with E-state index in [4.69, 9.17) is 5.73 Å². The molecule has 0 radical (unpaired) electrons.